The highest BCUT2D eigenvalue weighted by molar-refractivity contribution is 7.94. The van der Waals surface area contributed by atoms with Crippen molar-refractivity contribution < 1.29 is 17.6 Å². The van der Waals surface area contributed by atoms with Crippen molar-refractivity contribution in [3.8, 4) is 6.07 Å². The first kappa shape index (κ1) is 16.6. The normalized spacial score (nSPS) is 14.6. The molecule has 1 aliphatic rings. The SMILES string of the molecule is N#CC(=Cc1cccc(F)c1)C(=O)Nc1ccc2c(c1)S(=O)(=O)C=C2. The third-order valence-corrected chi connectivity index (χ3v) is 4.99. The summed E-state index contributed by atoms with van der Waals surface area (Å²) < 4.78 is 36.9. The lowest BCUT2D eigenvalue weighted by atomic mass is 10.1. The van der Waals surface area contributed by atoms with Gasteiger partial charge in [0, 0.05) is 11.1 Å². The zero-order chi connectivity index (χ0) is 18.0. The van der Waals surface area contributed by atoms with Crippen LogP contribution < -0.4 is 5.32 Å². The third kappa shape index (κ3) is 3.49. The van der Waals surface area contributed by atoms with Crippen LogP contribution in [0.1, 0.15) is 11.1 Å². The second-order valence-electron chi connectivity index (χ2n) is 5.28. The van der Waals surface area contributed by atoms with Crippen LogP contribution in [0, 0.1) is 17.1 Å². The maximum absolute atomic E-state index is 13.2. The Morgan fingerprint density at radius 1 is 1.20 bits per heavy atom. The Morgan fingerprint density at radius 2 is 2.00 bits per heavy atom. The van der Waals surface area contributed by atoms with Crippen molar-refractivity contribution in [1.82, 2.24) is 0 Å². The zero-order valence-electron chi connectivity index (χ0n) is 12.7. The molecule has 3 rings (SSSR count). The Hall–Kier alpha value is -3.24. The number of rotatable bonds is 3. The highest BCUT2D eigenvalue weighted by Gasteiger charge is 2.21. The van der Waals surface area contributed by atoms with E-state index < -0.39 is 21.6 Å². The Kier molecular flexibility index (Phi) is 4.21. The number of hydrogen-bond donors (Lipinski definition) is 1. The fourth-order valence-corrected chi connectivity index (χ4v) is 3.57. The van der Waals surface area contributed by atoms with Gasteiger partial charge in [0.05, 0.1) is 4.90 Å². The molecule has 1 aliphatic heterocycles. The van der Waals surface area contributed by atoms with E-state index in [2.05, 4.69) is 5.32 Å². The van der Waals surface area contributed by atoms with Crippen LogP contribution in [0.3, 0.4) is 0 Å². The van der Waals surface area contributed by atoms with E-state index in [-0.39, 0.29) is 16.2 Å². The van der Waals surface area contributed by atoms with Gasteiger partial charge in [-0.1, -0.05) is 18.2 Å². The summed E-state index contributed by atoms with van der Waals surface area (Å²) in [5.74, 6) is -1.20. The van der Waals surface area contributed by atoms with E-state index in [0.717, 1.165) is 5.41 Å². The molecule has 0 atom stereocenters. The molecule has 2 aromatic carbocycles. The molecule has 0 spiro atoms. The van der Waals surface area contributed by atoms with E-state index in [1.807, 2.05) is 0 Å². The van der Waals surface area contributed by atoms with Crippen LogP contribution in [0.15, 0.2) is 58.3 Å². The lowest BCUT2D eigenvalue weighted by molar-refractivity contribution is -0.112. The zero-order valence-corrected chi connectivity index (χ0v) is 13.5. The van der Waals surface area contributed by atoms with Crippen molar-refractivity contribution in [2.24, 2.45) is 0 Å². The number of anilines is 1. The maximum Gasteiger partial charge on any atom is 0.266 e. The molecule has 1 N–H and O–H groups in total. The second-order valence-corrected chi connectivity index (χ2v) is 7.08. The Balaban J connectivity index is 1.86. The number of halogens is 1. The monoisotopic (exact) mass is 354 g/mol. The van der Waals surface area contributed by atoms with Gasteiger partial charge in [-0.25, -0.2) is 12.8 Å². The largest absolute Gasteiger partial charge is 0.321 e. The predicted octanol–water partition coefficient (Wildman–Crippen LogP) is 3.13. The van der Waals surface area contributed by atoms with Gasteiger partial charge in [-0.3, -0.25) is 4.79 Å². The van der Waals surface area contributed by atoms with Gasteiger partial charge in [0.1, 0.15) is 17.5 Å². The van der Waals surface area contributed by atoms with E-state index in [1.165, 1.54) is 36.4 Å². The summed E-state index contributed by atoms with van der Waals surface area (Å²) in [4.78, 5) is 12.3. The van der Waals surface area contributed by atoms with Gasteiger partial charge in [-0.2, -0.15) is 5.26 Å². The predicted molar refractivity (Wildman–Crippen MR) is 91.3 cm³/mol. The van der Waals surface area contributed by atoms with Crippen LogP contribution >= 0.6 is 0 Å². The van der Waals surface area contributed by atoms with Crippen molar-refractivity contribution in [3.63, 3.8) is 0 Å². The summed E-state index contributed by atoms with van der Waals surface area (Å²) in [6, 6.07) is 11.7. The highest BCUT2D eigenvalue weighted by Crippen LogP contribution is 2.29. The van der Waals surface area contributed by atoms with E-state index >= 15 is 0 Å². The minimum absolute atomic E-state index is 0.0953. The summed E-state index contributed by atoms with van der Waals surface area (Å²) in [7, 11) is -3.50. The van der Waals surface area contributed by atoms with Crippen molar-refractivity contribution in [1.29, 1.82) is 5.26 Å². The van der Waals surface area contributed by atoms with Gasteiger partial charge in [-0.15, -0.1) is 0 Å². The highest BCUT2D eigenvalue weighted by atomic mass is 32.2. The Labute approximate surface area is 143 Å². The van der Waals surface area contributed by atoms with E-state index in [9.17, 15) is 17.6 Å². The summed E-state index contributed by atoms with van der Waals surface area (Å²) >= 11 is 0. The van der Waals surface area contributed by atoms with E-state index in [0.29, 0.717) is 11.1 Å². The molecule has 0 unspecified atom stereocenters. The summed E-state index contributed by atoms with van der Waals surface area (Å²) in [6.07, 6.45) is 2.73. The number of benzene rings is 2. The molecule has 25 heavy (non-hydrogen) atoms. The summed E-state index contributed by atoms with van der Waals surface area (Å²) in [6.45, 7) is 0. The van der Waals surface area contributed by atoms with Crippen LogP contribution in [-0.4, -0.2) is 14.3 Å². The molecule has 0 bridgehead atoms. The van der Waals surface area contributed by atoms with Crippen LogP contribution in [-0.2, 0) is 14.6 Å². The van der Waals surface area contributed by atoms with Crippen LogP contribution in [0.4, 0.5) is 10.1 Å². The molecule has 7 heteroatoms. The summed E-state index contributed by atoms with van der Waals surface area (Å²) in [5.41, 5.74) is 0.921. The maximum atomic E-state index is 13.2. The molecule has 0 aromatic heterocycles. The molecule has 0 saturated heterocycles. The third-order valence-electron chi connectivity index (χ3n) is 3.53. The van der Waals surface area contributed by atoms with Gasteiger partial charge in [0.15, 0.2) is 0 Å². The topological polar surface area (TPSA) is 87.0 Å². The number of nitrogens with one attached hydrogen (secondary N) is 1. The minimum atomic E-state index is -3.50. The molecular formula is C18H11FN2O3S. The number of carbonyl (C=O) groups is 1. The summed E-state index contributed by atoms with van der Waals surface area (Å²) in [5, 5.41) is 12.7. The molecule has 1 amide bonds. The fourth-order valence-electron chi connectivity index (χ4n) is 2.34. The first-order valence-corrected chi connectivity index (χ1v) is 8.69. The minimum Gasteiger partial charge on any atom is -0.321 e. The number of sulfone groups is 1. The number of carbonyl (C=O) groups excluding carboxylic acids is 1. The van der Waals surface area contributed by atoms with Crippen LogP contribution in [0.5, 0.6) is 0 Å². The van der Waals surface area contributed by atoms with Crippen molar-refractivity contribution in [2.45, 2.75) is 4.90 Å². The molecule has 0 radical (unpaired) electrons. The quantitative estimate of drug-likeness (QED) is 0.678. The average Bonchev–Trinajstić information content (AvgIpc) is 2.87. The molecule has 124 valence electrons. The molecule has 2 aromatic rings. The van der Waals surface area contributed by atoms with Crippen molar-refractivity contribution >= 4 is 33.6 Å². The molecular weight excluding hydrogens is 343 g/mol. The molecule has 0 aliphatic carbocycles. The second kappa shape index (κ2) is 6.34. The number of fused-ring (bicyclic) bond motifs is 1. The van der Waals surface area contributed by atoms with E-state index in [1.54, 1.807) is 24.3 Å². The van der Waals surface area contributed by atoms with E-state index in [4.69, 9.17) is 5.26 Å². The van der Waals surface area contributed by atoms with Gasteiger partial charge in [-0.05, 0) is 47.5 Å². The first-order valence-electron chi connectivity index (χ1n) is 7.15. The van der Waals surface area contributed by atoms with Gasteiger partial charge < -0.3 is 5.32 Å². The molecule has 0 saturated carbocycles. The van der Waals surface area contributed by atoms with Crippen LogP contribution in [0.2, 0.25) is 0 Å². The van der Waals surface area contributed by atoms with Gasteiger partial charge >= 0.3 is 0 Å². The average molecular weight is 354 g/mol. The number of nitrogens with zero attached hydrogens (tertiary/aromatic N) is 1. The van der Waals surface area contributed by atoms with Crippen molar-refractivity contribution in [3.05, 3.63) is 70.4 Å². The van der Waals surface area contributed by atoms with Crippen LogP contribution in [0.25, 0.3) is 12.2 Å². The molecule has 0 fully saturated rings. The standard InChI is InChI=1S/C18H11FN2O3S/c19-15-3-1-2-12(9-15)8-14(11-20)18(22)21-16-5-4-13-6-7-25(23,24)17(13)10-16/h1-10H,(H,21,22). The molecule has 1 heterocycles. The van der Waals surface area contributed by atoms with Gasteiger partial charge in [0.2, 0.25) is 9.84 Å². The smallest absolute Gasteiger partial charge is 0.266 e. The first-order chi connectivity index (χ1) is 11.9. The van der Waals surface area contributed by atoms with Crippen molar-refractivity contribution in [2.75, 3.05) is 5.32 Å². The number of amides is 1. The molecule has 5 nitrogen and oxygen atoms in total. The number of hydrogen-bond acceptors (Lipinski definition) is 4. The lowest BCUT2D eigenvalue weighted by Gasteiger charge is -2.07. The Morgan fingerprint density at radius 3 is 2.72 bits per heavy atom. The van der Waals surface area contributed by atoms with Gasteiger partial charge in [0.25, 0.3) is 5.91 Å². The lowest BCUT2D eigenvalue weighted by Crippen LogP contribution is -2.13. The fraction of sp³-hybridized carbons (Fsp3) is 0. The number of nitriles is 1. The Bertz CT molecular complexity index is 1080.